The zero-order valence-corrected chi connectivity index (χ0v) is 22.5. The molecule has 1 aromatic heterocycles. The first-order valence-corrected chi connectivity index (χ1v) is 14.5. The Hall–Kier alpha value is -1.38. The third-order valence-electron chi connectivity index (χ3n) is 11.9. The summed E-state index contributed by atoms with van der Waals surface area (Å²) in [5.41, 5.74) is -0.140. The lowest BCUT2D eigenvalue weighted by molar-refractivity contribution is -0.170. The Morgan fingerprint density at radius 3 is 2.63 bits per heavy atom. The average Bonchev–Trinajstić information content (AvgIpc) is 3.42. The minimum Gasteiger partial charge on any atom is -0.390 e. The molecule has 0 bridgehead atoms. The molecule has 1 aromatic rings. The molecule has 0 aliphatic heterocycles. The Labute approximate surface area is 212 Å². The molecule has 4 aliphatic carbocycles. The van der Waals surface area contributed by atoms with Crippen LogP contribution in [-0.2, 0) is 6.54 Å². The Kier molecular flexibility index (Phi) is 6.41. The van der Waals surface area contributed by atoms with E-state index in [1.807, 2.05) is 6.92 Å². The van der Waals surface area contributed by atoms with Crippen molar-refractivity contribution < 1.29 is 10.2 Å². The van der Waals surface area contributed by atoms with E-state index in [0.29, 0.717) is 29.4 Å². The predicted octanol–water partition coefficient (Wildman–Crippen LogP) is 6.09. The zero-order chi connectivity index (χ0) is 25.1. The molecule has 5 rings (SSSR count). The van der Waals surface area contributed by atoms with Crippen molar-refractivity contribution >= 4 is 0 Å². The number of aromatic nitrogens is 2. The highest BCUT2D eigenvalue weighted by atomic mass is 16.3. The number of aliphatic hydroxyl groups is 2. The van der Waals surface area contributed by atoms with Crippen LogP contribution in [0.2, 0.25) is 0 Å². The van der Waals surface area contributed by atoms with E-state index in [1.165, 1.54) is 44.9 Å². The molecule has 5 heteroatoms. The summed E-state index contributed by atoms with van der Waals surface area (Å²) in [6.45, 7) is 9.57. The maximum Gasteiger partial charge on any atom is 0.102 e. The van der Waals surface area contributed by atoms with Crippen LogP contribution < -0.4 is 0 Å². The summed E-state index contributed by atoms with van der Waals surface area (Å²) in [5.74, 6) is 3.16. The fourth-order valence-electron chi connectivity index (χ4n) is 10.5. The lowest BCUT2D eigenvalue weighted by Crippen LogP contribution is -2.58. The van der Waals surface area contributed by atoms with E-state index in [-0.39, 0.29) is 11.3 Å². The molecule has 0 radical (unpaired) electrons. The molecular formula is C30H47N3O2. The standard InChI is InChI=1S/C30H47N3O2/c1-5-12-29(35)14-15-30(6-2)22(16-29)7-8-23-24-9-10-26(27(24,3)13-11-25(23)30)28(4,34)20-33-19-21(17-31)18-32-33/h18-19,22-26,34-35H,5-16,20H2,1-4H3/t22-,23+,24+,25+,26+,27+,28?,29-,30+/m1/s1. The van der Waals surface area contributed by atoms with Crippen LogP contribution in [0, 0.1) is 51.8 Å². The van der Waals surface area contributed by atoms with Gasteiger partial charge in [0.25, 0.3) is 0 Å². The van der Waals surface area contributed by atoms with Crippen molar-refractivity contribution in [1.82, 2.24) is 9.78 Å². The summed E-state index contributed by atoms with van der Waals surface area (Å²) < 4.78 is 1.76. The highest BCUT2D eigenvalue weighted by Crippen LogP contribution is 2.70. The van der Waals surface area contributed by atoms with Gasteiger partial charge < -0.3 is 10.2 Å². The number of hydrogen-bond acceptors (Lipinski definition) is 4. The van der Waals surface area contributed by atoms with Gasteiger partial charge in [0, 0.05) is 6.20 Å². The van der Waals surface area contributed by atoms with E-state index in [0.717, 1.165) is 43.9 Å². The summed E-state index contributed by atoms with van der Waals surface area (Å²) in [7, 11) is 0. The first kappa shape index (κ1) is 25.3. The molecule has 194 valence electrons. The van der Waals surface area contributed by atoms with Crippen molar-refractivity contribution in [3.8, 4) is 6.07 Å². The summed E-state index contributed by atoms with van der Waals surface area (Å²) in [4.78, 5) is 0. The van der Waals surface area contributed by atoms with Gasteiger partial charge in [0.15, 0.2) is 0 Å². The topological polar surface area (TPSA) is 82.1 Å². The molecular weight excluding hydrogens is 434 g/mol. The van der Waals surface area contributed by atoms with Crippen LogP contribution in [0.1, 0.15) is 110 Å². The van der Waals surface area contributed by atoms with Crippen LogP contribution in [0.5, 0.6) is 0 Å². The van der Waals surface area contributed by atoms with E-state index in [1.54, 1.807) is 17.1 Å². The molecule has 2 N–H and O–H groups in total. The molecule has 4 fully saturated rings. The fraction of sp³-hybridized carbons (Fsp3) is 0.867. The quantitative estimate of drug-likeness (QED) is 0.515. The van der Waals surface area contributed by atoms with Gasteiger partial charge in [-0.1, -0.05) is 27.2 Å². The lowest BCUT2D eigenvalue weighted by atomic mass is 9.42. The van der Waals surface area contributed by atoms with Gasteiger partial charge in [0.2, 0.25) is 0 Å². The Balaban J connectivity index is 1.36. The smallest absolute Gasteiger partial charge is 0.102 e. The molecule has 1 unspecified atom stereocenters. The van der Waals surface area contributed by atoms with E-state index in [2.05, 4.69) is 31.9 Å². The second kappa shape index (κ2) is 8.88. The van der Waals surface area contributed by atoms with Crippen molar-refractivity contribution in [2.75, 3.05) is 0 Å². The second-order valence-corrected chi connectivity index (χ2v) is 13.5. The van der Waals surface area contributed by atoms with Gasteiger partial charge in [0.1, 0.15) is 6.07 Å². The highest BCUT2D eigenvalue weighted by molar-refractivity contribution is 5.22. The first-order chi connectivity index (χ1) is 16.6. The van der Waals surface area contributed by atoms with Gasteiger partial charge in [-0.3, -0.25) is 4.68 Å². The van der Waals surface area contributed by atoms with E-state index in [4.69, 9.17) is 5.26 Å². The molecule has 1 heterocycles. The Morgan fingerprint density at radius 1 is 1.14 bits per heavy atom. The fourth-order valence-corrected chi connectivity index (χ4v) is 10.5. The van der Waals surface area contributed by atoms with Crippen LogP contribution in [0.25, 0.3) is 0 Å². The van der Waals surface area contributed by atoms with Crippen molar-refractivity contribution in [1.29, 1.82) is 5.26 Å². The van der Waals surface area contributed by atoms with E-state index >= 15 is 0 Å². The minimum absolute atomic E-state index is 0.162. The largest absolute Gasteiger partial charge is 0.390 e. The van der Waals surface area contributed by atoms with Gasteiger partial charge in [0.05, 0.1) is 29.5 Å². The third kappa shape index (κ3) is 3.98. The number of nitriles is 1. The third-order valence-corrected chi connectivity index (χ3v) is 11.9. The minimum atomic E-state index is -0.837. The molecule has 35 heavy (non-hydrogen) atoms. The molecule has 0 spiro atoms. The Morgan fingerprint density at radius 2 is 1.94 bits per heavy atom. The van der Waals surface area contributed by atoms with Crippen LogP contribution in [0.3, 0.4) is 0 Å². The number of hydrogen-bond donors (Lipinski definition) is 2. The molecule has 9 atom stereocenters. The van der Waals surface area contributed by atoms with Gasteiger partial charge >= 0.3 is 0 Å². The number of nitrogens with zero attached hydrogens (tertiary/aromatic N) is 3. The van der Waals surface area contributed by atoms with Crippen molar-refractivity contribution in [3.05, 3.63) is 18.0 Å². The van der Waals surface area contributed by atoms with Gasteiger partial charge in [-0.15, -0.1) is 0 Å². The van der Waals surface area contributed by atoms with E-state index in [9.17, 15) is 10.2 Å². The van der Waals surface area contributed by atoms with Crippen molar-refractivity contribution in [3.63, 3.8) is 0 Å². The molecule has 0 amide bonds. The Bertz CT molecular complexity index is 965. The maximum atomic E-state index is 11.8. The molecule has 0 saturated heterocycles. The lowest BCUT2D eigenvalue weighted by Gasteiger charge is -2.63. The van der Waals surface area contributed by atoms with Crippen LogP contribution >= 0.6 is 0 Å². The predicted molar refractivity (Wildman–Crippen MR) is 137 cm³/mol. The summed E-state index contributed by atoms with van der Waals surface area (Å²) in [5, 5.41) is 36.6. The highest BCUT2D eigenvalue weighted by Gasteiger charge is 2.63. The zero-order valence-electron chi connectivity index (χ0n) is 22.5. The molecule has 4 aliphatic rings. The van der Waals surface area contributed by atoms with Gasteiger partial charge in [-0.2, -0.15) is 10.4 Å². The average molecular weight is 482 g/mol. The van der Waals surface area contributed by atoms with E-state index < -0.39 is 11.2 Å². The number of rotatable bonds is 6. The van der Waals surface area contributed by atoms with Crippen LogP contribution in [0.15, 0.2) is 12.4 Å². The summed E-state index contributed by atoms with van der Waals surface area (Å²) in [6, 6.07) is 2.15. The molecule has 4 saturated carbocycles. The number of fused-ring (bicyclic) bond motifs is 5. The molecule has 0 aromatic carbocycles. The normalized spacial score (nSPS) is 44.5. The summed E-state index contributed by atoms with van der Waals surface area (Å²) >= 11 is 0. The monoisotopic (exact) mass is 481 g/mol. The maximum absolute atomic E-state index is 11.8. The van der Waals surface area contributed by atoms with Gasteiger partial charge in [-0.05, 0) is 118 Å². The van der Waals surface area contributed by atoms with Crippen molar-refractivity contribution in [2.24, 2.45) is 40.4 Å². The first-order valence-electron chi connectivity index (χ1n) is 14.5. The van der Waals surface area contributed by atoms with Crippen molar-refractivity contribution in [2.45, 2.75) is 122 Å². The molecule has 5 nitrogen and oxygen atoms in total. The van der Waals surface area contributed by atoms with Crippen LogP contribution in [-0.4, -0.2) is 31.2 Å². The van der Waals surface area contributed by atoms with Gasteiger partial charge in [-0.25, -0.2) is 0 Å². The second-order valence-electron chi connectivity index (χ2n) is 13.5. The van der Waals surface area contributed by atoms with Crippen LogP contribution in [0.4, 0.5) is 0 Å². The SMILES string of the molecule is CCC[C@@]1(O)CC[C@@]2(CC)[C@H](CC[C@H]3[C@@H]4CC[C@H](C(C)(O)Cn5cc(C#N)cn5)[C@@]4(C)CC[C@@H]32)C1. The summed E-state index contributed by atoms with van der Waals surface area (Å²) in [6.07, 6.45) is 17.2.